The number of nitrogens with one attached hydrogen (secondary N) is 1. The molecule has 0 aromatic carbocycles. The highest BCUT2D eigenvalue weighted by Gasteiger charge is 2.41. The molecule has 1 aliphatic rings. The first-order chi connectivity index (χ1) is 17.2. The van der Waals surface area contributed by atoms with Gasteiger partial charge in [-0.3, -0.25) is 4.79 Å². The van der Waals surface area contributed by atoms with Gasteiger partial charge in [0.1, 0.15) is 23.4 Å². The second kappa shape index (κ2) is 13.7. The molecule has 1 aliphatic heterocycles. The second-order valence-electron chi connectivity index (χ2n) is 12.5. The first-order valence-electron chi connectivity index (χ1n) is 12.8. The second-order valence-corrected chi connectivity index (χ2v) is 12.5. The number of ether oxygens (including phenoxy) is 3. The molecule has 1 rings (SSSR count). The average Bonchev–Trinajstić information content (AvgIpc) is 2.63. The van der Waals surface area contributed by atoms with Gasteiger partial charge in [-0.25, -0.2) is 24.3 Å². The van der Waals surface area contributed by atoms with Gasteiger partial charge in [-0.1, -0.05) is 0 Å². The van der Waals surface area contributed by atoms with Gasteiger partial charge in [-0.2, -0.15) is 9.78 Å². The van der Waals surface area contributed by atoms with Crippen LogP contribution in [0, 0.1) is 0 Å². The van der Waals surface area contributed by atoms with E-state index in [1.165, 1.54) is 21.3 Å². The van der Waals surface area contributed by atoms with E-state index in [0.29, 0.717) is 12.8 Å². The van der Waals surface area contributed by atoms with Crippen LogP contribution in [0.15, 0.2) is 0 Å². The molecule has 0 aliphatic carbocycles. The Hall–Kier alpha value is -1.54. The first-order valence-corrected chi connectivity index (χ1v) is 12.8. The van der Waals surface area contributed by atoms with E-state index in [4.69, 9.17) is 43.5 Å². The molecule has 1 heterocycles. The Kier molecular flexibility index (Phi) is 12.4. The maximum atomic E-state index is 12.8. The summed E-state index contributed by atoms with van der Waals surface area (Å²) >= 11 is 0. The van der Waals surface area contributed by atoms with Crippen molar-refractivity contribution in [3.8, 4) is 0 Å². The Bertz CT molecular complexity index is 744. The van der Waals surface area contributed by atoms with Crippen LogP contribution < -0.4 is 5.32 Å². The van der Waals surface area contributed by atoms with Crippen molar-refractivity contribution in [3.63, 3.8) is 0 Å². The third-order valence-electron chi connectivity index (χ3n) is 5.76. The van der Waals surface area contributed by atoms with E-state index >= 15 is 0 Å². The number of esters is 1. The molecule has 1 N–H and O–H groups in total. The molecule has 0 radical (unpaired) electrons. The molecule has 12 heteroatoms. The summed E-state index contributed by atoms with van der Waals surface area (Å²) in [5.41, 5.74) is -2.30. The van der Waals surface area contributed by atoms with Gasteiger partial charge in [0.25, 0.3) is 0 Å². The lowest BCUT2D eigenvalue weighted by Gasteiger charge is -2.45. The van der Waals surface area contributed by atoms with Gasteiger partial charge < -0.3 is 19.5 Å². The molecule has 0 saturated carbocycles. The molecule has 12 nitrogen and oxygen atoms in total. The van der Waals surface area contributed by atoms with Gasteiger partial charge in [-0.15, -0.1) is 0 Å². The molecular formula is C26H49NO11. The van der Waals surface area contributed by atoms with E-state index < -0.39 is 35.2 Å². The summed E-state index contributed by atoms with van der Waals surface area (Å²) in [7, 11) is 3.94. The first kappa shape index (κ1) is 34.5. The Morgan fingerprint density at radius 1 is 0.842 bits per heavy atom. The predicted octanol–water partition coefficient (Wildman–Crippen LogP) is 4.54. The van der Waals surface area contributed by atoms with Gasteiger partial charge >= 0.3 is 12.1 Å². The number of hydrogen-bond donors (Lipinski definition) is 1. The van der Waals surface area contributed by atoms with Crippen LogP contribution in [0.2, 0.25) is 0 Å². The van der Waals surface area contributed by atoms with Crippen LogP contribution in [0.25, 0.3) is 0 Å². The Morgan fingerprint density at radius 3 is 1.82 bits per heavy atom. The molecule has 0 amide bonds. The van der Waals surface area contributed by atoms with Crippen molar-refractivity contribution in [3.05, 3.63) is 0 Å². The molecule has 0 aromatic rings. The number of rotatable bonds is 15. The monoisotopic (exact) mass is 551 g/mol. The lowest BCUT2D eigenvalue weighted by Crippen LogP contribution is -2.59. The average molecular weight is 552 g/mol. The summed E-state index contributed by atoms with van der Waals surface area (Å²) in [4.78, 5) is 55.1. The molecule has 38 heavy (non-hydrogen) atoms. The molecule has 1 atom stereocenters. The minimum Gasteiger partial charge on any atom is -0.459 e. The van der Waals surface area contributed by atoms with Crippen molar-refractivity contribution in [2.24, 2.45) is 0 Å². The summed E-state index contributed by atoms with van der Waals surface area (Å²) in [6.45, 7) is 16.8. The maximum Gasteiger partial charge on any atom is 0.509 e. The summed E-state index contributed by atoms with van der Waals surface area (Å²) in [5, 5.41) is 3.56. The highest BCUT2D eigenvalue weighted by Crippen LogP contribution is 2.32. The summed E-state index contributed by atoms with van der Waals surface area (Å²) < 4.78 is 17.0. The zero-order chi connectivity index (χ0) is 29.4. The maximum absolute atomic E-state index is 12.8. The lowest BCUT2D eigenvalue weighted by atomic mass is 9.81. The Labute approximate surface area is 227 Å². The number of carbonyl (C=O) groups excluding carboxylic acids is 2. The fourth-order valence-electron chi connectivity index (χ4n) is 5.46. The van der Waals surface area contributed by atoms with E-state index in [1.54, 1.807) is 34.6 Å². The molecule has 224 valence electrons. The molecule has 0 aromatic heterocycles. The number of hydrogen-bond acceptors (Lipinski definition) is 12. The van der Waals surface area contributed by atoms with E-state index in [9.17, 15) is 9.59 Å². The predicted molar refractivity (Wildman–Crippen MR) is 136 cm³/mol. The normalized spacial score (nSPS) is 19.1. The highest BCUT2D eigenvalue weighted by molar-refractivity contribution is 5.70. The quantitative estimate of drug-likeness (QED) is 0.133. The van der Waals surface area contributed by atoms with Crippen molar-refractivity contribution >= 4 is 12.1 Å². The SMILES string of the molecule is COOC(CC(=O)OC(C)(C)CC(C)(C)OC(=O)OC1CC(C)(C)NC(C)(C)C1)CC(C)(OOC)OOC. The molecular weight excluding hydrogens is 502 g/mol. The van der Waals surface area contributed by atoms with Gasteiger partial charge in [0.2, 0.25) is 5.79 Å². The molecule has 0 bridgehead atoms. The van der Waals surface area contributed by atoms with Crippen LogP contribution in [-0.4, -0.2) is 73.7 Å². The minimum atomic E-state index is -1.38. The standard InChI is InChI=1S/C26H49NO11/c1-22(2)14-19(15-23(3,4)27-22)33-21(29)35-25(7,8)17-24(5,6)34-20(28)13-18(36-30-10)16-26(9,37-31-11)38-32-12/h18-19,27H,13-17H2,1-12H3. The number of carbonyl (C=O) groups is 2. The molecule has 1 fully saturated rings. The largest absolute Gasteiger partial charge is 0.509 e. The fraction of sp³-hybridized carbons (Fsp3) is 0.923. The van der Waals surface area contributed by atoms with E-state index in [1.807, 2.05) is 0 Å². The van der Waals surface area contributed by atoms with Gasteiger partial charge in [-0.05, 0) is 62.3 Å². The van der Waals surface area contributed by atoms with E-state index in [0.717, 1.165) is 0 Å². The molecule has 1 saturated heterocycles. The zero-order valence-electron chi connectivity index (χ0n) is 25.2. The van der Waals surface area contributed by atoms with E-state index in [2.05, 4.69) is 33.0 Å². The Morgan fingerprint density at radius 2 is 1.34 bits per heavy atom. The third kappa shape index (κ3) is 13.0. The summed E-state index contributed by atoms with van der Waals surface area (Å²) in [6.07, 6.45) is -0.440. The number of piperidine rings is 1. The Balaban J connectivity index is 2.72. The third-order valence-corrected chi connectivity index (χ3v) is 5.76. The molecule has 0 spiro atoms. The zero-order valence-corrected chi connectivity index (χ0v) is 25.2. The highest BCUT2D eigenvalue weighted by atomic mass is 17.3. The van der Waals surface area contributed by atoms with Crippen LogP contribution in [0.1, 0.15) is 94.4 Å². The van der Waals surface area contributed by atoms with Crippen LogP contribution in [0.4, 0.5) is 4.79 Å². The van der Waals surface area contributed by atoms with Crippen molar-refractivity contribution in [2.45, 2.75) is 135 Å². The van der Waals surface area contributed by atoms with Crippen LogP contribution in [-0.2, 0) is 48.3 Å². The topological polar surface area (TPSA) is 129 Å². The van der Waals surface area contributed by atoms with Gasteiger partial charge in [0, 0.05) is 36.8 Å². The van der Waals surface area contributed by atoms with Gasteiger partial charge in [0.15, 0.2) is 0 Å². The van der Waals surface area contributed by atoms with E-state index in [-0.39, 0.29) is 36.4 Å². The fourth-order valence-corrected chi connectivity index (χ4v) is 5.46. The van der Waals surface area contributed by atoms with Crippen molar-refractivity contribution in [2.75, 3.05) is 21.3 Å². The smallest absolute Gasteiger partial charge is 0.459 e. The van der Waals surface area contributed by atoms with Crippen molar-refractivity contribution in [1.82, 2.24) is 5.32 Å². The van der Waals surface area contributed by atoms with Crippen molar-refractivity contribution in [1.29, 1.82) is 0 Å². The van der Waals surface area contributed by atoms with Gasteiger partial charge in [0.05, 0.1) is 27.8 Å². The summed E-state index contributed by atoms with van der Waals surface area (Å²) in [5.74, 6) is -1.94. The van der Waals surface area contributed by atoms with Crippen LogP contribution >= 0.6 is 0 Å². The molecule has 1 unspecified atom stereocenters. The lowest BCUT2D eigenvalue weighted by molar-refractivity contribution is -0.501. The van der Waals surface area contributed by atoms with Crippen LogP contribution in [0.3, 0.4) is 0 Å². The van der Waals surface area contributed by atoms with Crippen LogP contribution in [0.5, 0.6) is 0 Å². The minimum absolute atomic E-state index is 0.0167. The summed E-state index contributed by atoms with van der Waals surface area (Å²) in [6, 6.07) is 0. The van der Waals surface area contributed by atoms with Crippen molar-refractivity contribution < 1.29 is 53.1 Å².